The maximum absolute atomic E-state index is 11.9. The Kier molecular flexibility index (Phi) is 5.41. The van der Waals surface area contributed by atoms with Crippen molar-refractivity contribution in [2.45, 2.75) is 31.7 Å². The number of methoxy groups -OCH3 is 1. The SMILES string of the molecule is COc1ccc(CCC(=O)NC2CCN(C)CC2)cc1. The van der Waals surface area contributed by atoms with Gasteiger partial charge in [-0.2, -0.15) is 0 Å². The van der Waals surface area contributed by atoms with Crippen molar-refractivity contribution in [1.82, 2.24) is 10.2 Å². The summed E-state index contributed by atoms with van der Waals surface area (Å²) in [6.45, 7) is 2.15. The van der Waals surface area contributed by atoms with Crippen LogP contribution in [0.3, 0.4) is 0 Å². The molecular formula is C16H24N2O2. The Hall–Kier alpha value is -1.55. The number of amides is 1. The van der Waals surface area contributed by atoms with Crippen LogP contribution in [-0.2, 0) is 11.2 Å². The summed E-state index contributed by atoms with van der Waals surface area (Å²) < 4.78 is 5.12. The highest BCUT2D eigenvalue weighted by Gasteiger charge is 2.18. The van der Waals surface area contributed by atoms with Gasteiger partial charge in [-0.1, -0.05) is 12.1 Å². The first kappa shape index (κ1) is 14.9. The van der Waals surface area contributed by atoms with E-state index < -0.39 is 0 Å². The van der Waals surface area contributed by atoms with Crippen LogP contribution in [0.2, 0.25) is 0 Å². The van der Waals surface area contributed by atoms with Crippen LogP contribution in [0.1, 0.15) is 24.8 Å². The van der Waals surface area contributed by atoms with Gasteiger partial charge in [-0.05, 0) is 57.1 Å². The van der Waals surface area contributed by atoms with Gasteiger partial charge in [0.25, 0.3) is 0 Å². The van der Waals surface area contributed by atoms with Gasteiger partial charge in [0.1, 0.15) is 5.75 Å². The van der Waals surface area contributed by atoms with Gasteiger partial charge in [0, 0.05) is 12.5 Å². The van der Waals surface area contributed by atoms with Gasteiger partial charge in [0.05, 0.1) is 7.11 Å². The molecule has 0 bridgehead atoms. The van der Waals surface area contributed by atoms with Gasteiger partial charge in [-0.3, -0.25) is 4.79 Å². The molecule has 0 aliphatic carbocycles. The Labute approximate surface area is 121 Å². The lowest BCUT2D eigenvalue weighted by Crippen LogP contribution is -2.43. The number of nitrogens with zero attached hydrogens (tertiary/aromatic N) is 1. The van der Waals surface area contributed by atoms with Crippen molar-refractivity contribution in [3.63, 3.8) is 0 Å². The molecule has 110 valence electrons. The van der Waals surface area contributed by atoms with E-state index in [0.717, 1.165) is 38.1 Å². The summed E-state index contributed by atoms with van der Waals surface area (Å²) in [5.74, 6) is 1.01. The lowest BCUT2D eigenvalue weighted by atomic mass is 10.0. The summed E-state index contributed by atoms with van der Waals surface area (Å²) >= 11 is 0. The van der Waals surface area contributed by atoms with Gasteiger partial charge >= 0.3 is 0 Å². The van der Waals surface area contributed by atoms with Crippen molar-refractivity contribution in [3.05, 3.63) is 29.8 Å². The number of ether oxygens (including phenoxy) is 1. The summed E-state index contributed by atoms with van der Waals surface area (Å²) in [7, 11) is 3.78. The standard InChI is InChI=1S/C16H24N2O2/c1-18-11-9-14(10-12-18)17-16(19)8-5-13-3-6-15(20-2)7-4-13/h3-4,6-7,14H,5,8-12H2,1-2H3,(H,17,19). The number of rotatable bonds is 5. The molecule has 1 fully saturated rings. The maximum Gasteiger partial charge on any atom is 0.220 e. The molecule has 2 rings (SSSR count). The molecule has 1 aromatic carbocycles. The second kappa shape index (κ2) is 7.29. The quantitative estimate of drug-likeness (QED) is 0.892. The first-order chi connectivity index (χ1) is 9.67. The van der Waals surface area contributed by atoms with Crippen LogP contribution in [0.4, 0.5) is 0 Å². The van der Waals surface area contributed by atoms with Crippen LogP contribution in [0.25, 0.3) is 0 Å². The minimum absolute atomic E-state index is 0.162. The average Bonchev–Trinajstić information content (AvgIpc) is 2.48. The zero-order chi connectivity index (χ0) is 14.4. The third-order valence-corrected chi connectivity index (χ3v) is 3.88. The predicted octanol–water partition coefficient (Wildman–Crippen LogP) is 1.84. The first-order valence-corrected chi connectivity index (χ1v) is 7.28. The summed E-state index contributed by atoms with van der Waals surface area (Å²) in [5.41, 5.74) is 1.17. The molecule has 20 heavy (non-hydrogen) atoms. The molecule has 0 aromatic heterocycles. The minimum Gasteiger partial charge on any atom is -0.497 e. The van der Waals surface area contributed by atoms with Gasteiger partial charge in [-0.25, -0.2) is 0 Å². The van der Waals surface area contributed by atoms with Crippen molar-refractivity contribution in [1.29, 1.82) is 0 Å². The molecule has 0 saturated carbocycles. The number of carbonyl (C=O) groups excluding carboxylic acids is 1. The Bertz CT molecular complexity index is 423. The smallest absolute Gasteiger partial charge is 0.220 e. The van der Waals surface area contributed by atoms with Crippen LogP contribution in [0.15, 0.2) is 24.3 Å². The van der Waals surface area contributed by atoms with Crippen molar-refractivity contribution >= 4 is 5.91 Å². The number of benzene rings is 1. The Morgan fingerprint density at radius 2 is 1.95 bits per heavy atom. The number of likely N-dealkylation sites (tertiary alicyclic amines) is 1. The second-order valence-corrected chi connectivity index (χ2v) is 5.49. The summed E-state index contributed by atoms with van der Waals surface area (Å²) in [5, 5.41) is 3.14. The summed E-state index contributed by atoms with van der Waals surface area (Å²) in [6, 6.07) is 8.26. The van der Waals surface area contributed by atoms with Crippen LogP contribution in [0, 0.1) is 0 Å². The summed E-state index contributed by atoms with van der Waals surface area (Å²) in [6.07, 6.45) is 3.46. The number of nitrogens with one attached hydrogen (secondary N) is 1. The first-order valence-electron chi connectivity index (χ1n) is 7.28. The molecule has 0 atom stereocenters. The predicted molar refractivity (Wildman–Crippen MR) is 80.0 cm³/mol. The third-order valence-electron chi connectivity index (χ3n) is 3.88. The van der Waals surface area contributed by atoms with Crippen molar-refractivity contribution in [2.24, 2.45) is 0 Å². The molecule has 1 aromatic rings. The Balaban J connectivity index is 1.71. The molecule has 0 unspecified atom stereocenters. The Morgan fingerprint density at radius 3 is 2.55 bits per heavy atom. The van der Waals surface area contributed by atoms with E-state index in [0.29, 0.717) is 12.5 Å². The van der Waals surface area contributed by atoms with E-state index in [1.165, 1.54) is 5.56 Å². The van der Waals surface area contributed by atoms with Crippen molar-refractivity contribution < 1.29 is 9.53 Å². The number of hydrogen-bond acceptors (Lipinski definition) is 3. The lowest BCUT2D eigenvalue weighted by molar-refractivity contribution is -0.122. The zero-order valence-corrected chi connectivity index (χ0v) is 12.4. The third kappa shape index (κ3) is 4.53. The average molecular weight is 276 g/mol. The van der Waals surface area contributed by atoms with Crippen LogP contribution < -0.4 is 10.1 Å². The molecule has 4 heteroatoms. The number of hydrogen-bond donors (Lipinski definition) is 1. The van der Waals surface area contributed by atoms with Gasteiger partial charge < -0.3 is 15.0 Å². The molecule has 1 saturated heterocycles. The van der Waals surface area contributed by atoms with E-state index in [9.17, 15) is 4.79 Å². The van der Waals surface area contributed by atoms with E-state index >= 15 is 0 Å². The van der Waals surface area contributed by atoms with Crippen molar-refractivity contribution in [3.8, 4) is 5.75 Å². The van der Waals surface area contributed by atoms with Crippen LogP contribution in [0.5, 0.6) is 5.75 Å². The topological polar surface area (TPSA) is 41.6 Å². The second-order valence-electron chi connectivity index (χ2n) is 5.49. The highest BCUT2D eigenvalue weighted by molar-refractivity contribution is 5.76. The van der Waals surface area contributed by atoms with Gasteiger partial charge in [0.15, 0.2) is 0 Å². The van der Waals surface area contributed by atoms with E-state index in [4.69, 9.17) is 4.74 Å². The molecule has 1 heterocycles. The largest absolute Gasteiger partial charge is 0.497 e. The highest BCUT2D eigenvalue weighted by atomic mass is 16.5. The summed E-state index contributed by atoms with van der Waals surface area (Å²) in [4.78, 5) is 14.2. The van der Waals surface area contributed by atoms with Gasteiger partial charge in [-0.15, -0.1) is 0 Å². The number of aryl methyl sites for hydroxylation is 1. The minimum atomic E-state index is 0.162. The fourth-order valence-electron chi connectivity index (χ4n) is 2.50. The van der Waals surface area contributed by atoms with Gasteiger partial charge in [0.2, 0.25) is 5.91 Å². The number of carbonyl (C=O) groups is 1. The molecule has 4 nitrogen and oxygen atoms in total. The van der Waals surface area contributed by atoms with Crippen LogP contribution in [-0.4, -0.2) is 44.1 Å². The Morgan fingerprint density at radius 1 is 1.30 bits per heavy atom. The lowest BCUT2D eigenvalue weighted by Gasteiger charge is -2.29. The molecule has 0 spiro atoms. The number of piperidine rings is 1. The molecule has 1 N–H and O–H groups in total. The van der Waals surface area contributed by atoms with Crippen LogP contribution >= 0.6 is 0 Å². The van der Waals surface area contributed by atoms with E-state index in [1.807, 2.05) is 24.3 Å². The molecule has 1 aliphatic heterocycles. The molecule has 1 aliphatic rings. The monoisotopic (exact) mass is 276 g/mol. The molecular weight excluding hydrogens is 252 g/mol. The normalized spacial score (nSPS) is 16.9. The fraction of sp³-hybridized carbons (Fsp3) is 0.562. The van der Waals surface area contributed by atoms with Crippen molar-refractivity contribution in [2.75, 3.05) is 27.2 Å². The fourth-order valence-corrected chi connectivity index (χ4v) is 2.50. The zero-order valence-electron chi connectivity index (χ0n) is 12.4. The van der Waals surface area contributed by atoms with E-state index in [-0.39, 0.29) is 5.91 Å². The van der Waals surface area contributed by atoms with E-state index in [1.54, 1.807) is 7.11 Å². The highest BCUT2D eigenvalue weighted by Crippen LogP contribution is 2.13. The maximum atomic E-state index is 11.9. The van der Waals surface area contributed by atoms with E-state index in [2.05, 4.69) is 17.3 Å². The molecule has 1 amide bonds. The molecule has 0 radical (unpaired) electrons.